The molecule has 0 aliphatic rings. The molecule has 0 atom stereocenters. The van der Waals surface area contributed by atoms with E-state index < -0.39 is 0 Å². The summed E-state index contributed by atoms with van der Waals surface area (Å²) in [6.07, 6.45) is 1.66. The number of H-pyrrole nitrogens is 1. The third-order valence-corrected chi connectivity index (χ3v) is 3.76. The smallest absolute Gasteiger partial charge is 0.216 e. The van der Waals surface area contributed by atoms with Crippen LogP contribution < -0.4 is 4.90 Å². The Morgan fingerprint density at radius 1 is 1.17 bits per heavy atom. The average Bonchev–Trinajstić information content (AvgIpc) is 2.94. The molecule has 2 aromatic carbocycles. The van der Waals surface area contributed by atoms with E-state index in [0.717, 1.165) is 11.3 Å². The molecule has 5 nitrogen and oxygen atoms in total. The lowest BCUT2D eigenvalue weighted by molar-refractivity contribution is 0.628. The highest BCUT2D eigenvalue weighted by molar-refractivity contribution is 7.71. The minimum Gasteiger partial charge on any atom is -0.378 e. The molecule has 122 valence electrons. The molecule has 24 heavy (non-hydrogen) atoms. The van der Waals surface area contributed by atoms with E-state index in [1.807, 2.05) is 43.3 Å². The third-order valence-electron chi connectivity index (χ3n) is 3.50. The molecule has 1 heterocycles. The lowest BCUT2D eigenvalue weighted by Crippen LogP contribution is -2.08. The Kier molecular flexibility index (Phi) is 4.52. The van der Waals surface area contributed by atoms with Crippen molar-refractivity contribution in [1.82, 2.24) is 14.9 Å². The maximum absolute atomic E-state index is 14.0. The van der Waals surface area contributed by atoms with E-state index in [1.54, 1.807) is 24.4 Å². The average molecular weight is 341 g/mol. The SMILES string of the molecule is CN(C)c1ccc(C=Nn2c(-c3ccccc3F)n[nH]c2=S)cc1. The summed E-state index contributed by atoms with van der Waals surface area (Å²) in [5.74, 6) is -0.0439. The highest BCUT2D eigenvalue weighted by Gasteiger charge is 2.12. The Bertz CT molecular complexity index is 925. The Labute approximate surface area is 144 Å². The van der Waals surface area contributed by atoms with Crippen molar-refractivity contribution < 1.29 is 4.39 Å². The van der Waals surface area contributed by atoms with Crippen LogP contribution in [-0.2, 0) is 0 Å². The molecule has 1 N–H and O–H groups in total. The molecule has 0 aliphatic heterocycles. The first-order valence-electron chi connectivity index (χ1n) is 7.30. The highest BCUT2D eigenvalue weighted by Crippen LogP contribution is 2.20. The van der Waals surface area contributed by atoms with Crippen molar-refractivity contribution in [3.8, 4) is 11.4 Å². The molecule has 0 radical (unpaired) electrons. The minimum atomic E-state index is -0.377. The maximum atomic E-state index is 14.0. The first-order chi connectivity index (χ1) is 11.6. The standard InChI is InChI=1S/C17H16FN5S/c1-22(2)13-9-7-12(8-10-13)11-19-23-16(20-21-17(23)24)14-5-3-4-6-15(14)18/h3-11H,1-2H3,(H,21,24). The van der Waals surface area contributed by atoms with E-state index in [4.69, 9.17) is 12.2 Å². The van der Waals surface area contributed by atoms with Crippen molar-refractivity contribution in [1.29, 1.82) is 0 Å². The predicted molar refractivity (Wildman–Crippen MR) is 96.6 cm³/mol. The largest absolute Gasteiger partial charge is 0.378 e. The van der Waals surface area contributed by atoms with Gasteiger partial charge in [-0.3, -0.25) is 0 Å². The molecular weight excluding hydrogens is 325 g/mol. The van der Waals surface area contributed by atoms with Crippen LogP contribution in [0.4, 0.5) is 10.1 Å². The number of rotatable bonds is 4. The fraction of sp³-hybridized carbons (Fsp3) is 0.118. The van der Waals surface area contributed by atoms with E-state index in [2.05, 4.69) is 15.3 Å². The predicted octanol–water partition coefficient (Wildman–Crippen LogP) is 3.69. The second-order valence-electron chi connectivity index (χ2n) is 5.37. The van der Waals surface area contributed by atoms with Crippen molar-refractivity contribution in [2.24, 2.45) is 5.10 Å². The summed E-state index contributed by atoms with van der Waals surface area (Å²) >= 11 is 5.19. The molecule has 0 spiro atoms. The van der Waals surface area contributed by atoms with Crippen molar-refractivity contribution in [3.63, 3.8) is 0 Å². The number of nitrogens with zero attached hydrogens (tertiary/aromatic N) is 4. The van der Waals surface area contributed by atoms with Gasteiger partial charge in [0, 0.05) is 19.8 Å². The van der Waals surface area contributed by atoms with E-state index in [9.17, 15) is 4.39 Å². The topological polar surface area (TPSA) is 49.2 Å². The molecule has 0 bridgehead atoms. The van der Waals surface area contributed by atoms with Crippen molar-refractivity contribution >= 4 is 24.1 Å². The minimum absolute atomic E-state index is 0.300. The number of aromatic amines is 1. The number of hydrogen-bond donors (Lipinski definition) is 1. The van der Waals surface area contributed by atoms with E-state index in [1.165, 1.54) is 10.7 Å². The van der Waals surface area contributed by atoms with Gasteiger partial charge in [-0.15, -0.1) is 0 Å². The van der Waals surface area contributed by atoms with Crippen LogP contribution in [0.3, 0.4) is 0 Å². The number of halogens is 1. The van der Waals surface area contributed by atoms with Gasteiger partial charge in [0.25, 0.3) is 0 Å². The fourth-order valence-electron chi connectivity index (χ4n) is 2.20. The zero-order valence-electron chi connectivity index (χ0n) is 13.3. The summed E-state index contributed by atoms with van der Waals surface area (Å²) in [5.41, 5.74) is 2.34. The summed E-state index contributed by atoms with van der Waals surface area (Å²) in [7, 11) is 3.96. The van der Waals surface area contributed by atoms with Crippen LogP contribution in [0.5, 0.6) is 0 Å². The zero-order valence-corrected chi connectivity index (χ0v) is 14.1. The zero-order chi connectivity index (χ0) is 17.1. The van der Waals surface area contributed by atoms with E-state index in [-0.39, 0.29) is 5.82 Å². The van der Waals surface area contributed by atoms with E-state index in [0.29, 0.717) is 16.2 Å². The normalized spacial score (nSPS) is 11.1. The molecule has 0 fully saturated rings. The highest BCUT2D eigenvalue weighted by atomic mass is 32.1. The van der Waals surface area contributed by atoms with Crippen molar-refractivity contribution in [3.05, 3.63) is 64.7 Å². The number of hydrogen-bond acceptors (Lipinski definition) is 4. The lowest BCUT2D eigenvalue weighted by Gasteiger charge is -2.11. The molecule has 0 amide bonds. The lowest BCUT2D eigenvalue weighted by atomic mass is 10.2. The van der Waals surface area contributed by atoms with E-state index >= 15 is 0 Å². The van der Waals surface area contributed by atoms with Gasteiger partial charge in [-0.05, 0) is 42.0 Å². The second-order valence-corrected chi connectivity index (χ2v) is 5.76. The van der Waals surface area contributed by atoms with Gasteiger partial charge in [0.1, 0.15) is 5.82 Å². The summed E-state index contributed by atoms with van der Waals surface area (Å²) in [4.78, 5) is 2.02. The van der Waals surface area contributed by atoms with Crippen LogP contribution >= 0.6 is 12.2 Å². The Morgan fingerprint density at radius 2 is 1.88 bits per heavy atom. The Balaban J connectivity index is 1.95. The van der Waals surface area contributed by atoms with Crippen LogP contribution in [-0.4, -0.2) is 35.2 Å². The van der Waals surface area contributed by atoms with Gasteiger partial charge in [-0.1, -0.05) is 24.3 Å². The number of anilines is 1. The first-order valence-corrected chi connectivity index (χ1v) is 7.71. The van der Waals surface area contributed by atoms with Gasteiger partial charge >= 0.3 is 0 Å². The summed E-state index contributed by atoms with van der Waals surface area (Å²) in [6, 6.07) is 14.3. The van der Waals surface area contributed by atoms with Crippen molar-refractivity contribution in [2.45, 2.75) is 0 Å². The maximum Gasteiger partial charge on any atom is 0.216 e. The molecule has 3 rings (SSSR count). The fourth-order valence-corrected chi connectivity index (χ4v) is 2.38. The summed E-state index contributed by atoms with van der Waals surface area (Å²) in [5, 5.41) is 11.1. The number of benzene rings is 2. The third kappa shape index (κ3) is 3.26. The van der Waals surface area contributed by atoms with Crippen LogP contribution in [0.1, 0.15) is 5.56 Å². The van der Waals surface area contributed by atoms with Gasteiger partial charge in [-0.25, -0.2) is 9.49 Å². The molecule has 0 aliphatic carbocycles. The second kappa shape index (κ2) is 6.76. The van der Waals surface area contributed by atoms with Crippen LogP contribution in [0, 0.1) is 10.6 Å². The van der Waals surface area contributed by atoms with Gasteiger partial charge in [-0.2, -0.15) is 14.9 Å². The molecule has 0 saturated heterocycles. The first kappa shape index (κ1) is 16.1. The van der Waals surface area contributed by atoms with Gasteiger partial charge in [0.05, 0.1) is 11.8 Å². The van der Waals surface area contributed by atoms with Crippen LogP contribution in [0.15, 0.2) is 53.6 Å². The van der Waals surface area contributed by atoms with Crippen LogP contribution in [0.25, 0.3) is 11.4 Å². The van der Waals surface area contributed by atoms with Gasteiger partial charge in [0.15, 0.2) is 5.82 Å². The molecule has 0 unspecified atom stereocenters. The monoisotopic (exact) mass is 341 g/mol. The van der Waals surface area contributed by atoms with Gasteiger partial charge < -0.3 is 4.90 Å². The molecule has 7 heteroatoms. The van der Waals surface area contributed by atoms with Gasteiger partial charge in [0.2, 0.25) is 4.77 Å². The quantitative estimate of drug-likeness (QED) is 0.581. The summed E-state index contributed by atoms with van der Waals surface area (Å²) < 4.78 is 15.7. The number of nitrogens with one attached hydrogen (secondary N) is 1. The Morgan fingerprint density at radius 3 is 2.54 bits per heavy atom. The summed E-state index contributed by atoms with van der Waals surface area (Å²) in [6.45, 7) is 0. The molecule has 3 aromatic rings. The molecular formula is C17H16FN5S. The Hall–Kier alpha value is -2.80. The molecule has 1 aromatic heterocycles. The van der Waals surface area contributed by atoms with Crippen molar-refractivity contribution in [2.75, 3.05) is 19.0 Å². The molecule has 0 saturated carbocycles. The van der Waals surface area contributed by atoms with Crippen LogP contribution in [0.2, 0.25) is 0 Å². The number of aromatic nitrogens is 3.